The van der Waals surface area contributed by atoms with Crippen molar-refractivity contribution in [3.63, 3.8) is 0 Å². The fourth-order valence-corrected chi connectivity index (χ4v) is 8.97. The van der Waals surface area contributed by atoms with E-state index in [1.165, 1.54) is 250 Å². The number of hydrogen-bond acceptors (Lipinski definition) is 5. The summed E-state index contributed by atoms with van der Waals surface area (Å²) in [5.74, 6) is -0.386. The second kappa shape index (κ2) is 57.7. The first-order valence-electron chi connectivity index (χ1n) is 29.9. The maximum absolute atomic E-state index is 12.8. The highest BCUT2D eigenvalue weighted by Crippen LogP contribution is 2.17. The van der Waals surface area contributed by atoms with Crippen LogP contribution in [0.3, 0.4) is 0 Å². The van der Waals surface area contributed by atoms with Crippen LogP contribution in [-0.4, -0.2) is 37.9 Å². The molecule has 0 saturated heterocycles. The molecule has 66 heavy (non-hydrogen) atoms. The zero-order valence-electron chi connectivity index (χ0n) is 45.0. The van der Waals surface area contributed by atoms with Crippen LogP contribution in [0.1, 0.15) is 329 Å². The van der Waals surface area contributed by atoms with E-state index in [0.717, 1.165) is 44.9 Å². The van der Waals surface area contributed by atoms with Gasteiger partial charge in [-0.25, -0.2) is 0 Å². The summed E-state index contributed by atoms with van der Waals surface area (Å²) in [6.07, 6.45) is 69.2. The predicted octanol–water partition coefficient (Wildman–Crippen LogP) is 20.4. The quantitative estimate of drug-likeness (QED) is 0.0345. The van der Waals surface area contributed by atoms with Crippen LogP contribution >= 0.6 is 0 Å². The van der Waals surface area contributed by atoms with Gasteiger partial charge in [0.1, 0.15) is 6.61 Å². The third-order valence-corrected chi connectivity index (χ3v) is 13.5. The molecule has 0 aliphatic carbocycles. The van der Waals surface area contributed by atoms with Gasteiger partial charge in [-0.15, -0.1) is 0 Å². The molecule has 0 amide bonds. The van der Waals surface area contributed by atoms with Crippen molar-refractivity contribution in [2.24, 2.45) is 0 Å². The maximum Gasteiger partial charge on any atom is 0.306 e. The smallest absolute Gasteiger partial charge is 0.306 e. The molecule has 5 heteroatoms. The Labute approximate surface area is 413 Å². The molecule has 0 bridgehead atoms. The van der Waals surface area contributed by atoms with Gasteiger partial charge >= 0.3 is 11.9 Å². The van der Waals surface area contributed by atoms with Crippen molar-refractivity contribution in [2.75, 3.05) is 19.8 Å². The Morgan fingerprint density at radius 1 is 0.318 bits per heavy atom. The summed E-state index contributed by atoms with van der Waals surface area (Å²) in [7, 11) is 0. The maximum atomic E-state index is 12.8. The summed E-state index contributed by atoms with van der Waals surface area (Å²) < 4.78 is 17.5. The first-order valence-corrected chi connectivity index (χ1v) is 29.9. The minimum atomic E-state index is -0.534. The standard InChI is InChI=1S/C61H116O5/c1-4-7-10-13-16-19-22-25-27-29-30-31-32-33-34-37-39-42-45-48-51-54-60(62)65-58-59(66-61(63)55-52-49-46-43-40-36-24-21-18-15-12-9-6-3)57-64-56-53-50-47-44-41-38-35-28-26-23-20-17-14-11-8-5-2/h21,24-25,27,59H,4-20,22-23,26,28-58H2,1-3H3/b24-21-,27-25-/t59-/m1/s1. The van der Waals surface area contributed by atoms with Gasteiger partial charge in [-0.1, -0.05) is 270 Å². The largest absolute Gasteiger partial charge is 0.462 e. The first kappa shape index (κ1) is 64.4. The molecule has 0 heterocycles. The van der Waals surface area contributed by atoms with Gasteiger partial charge in [0.15, 0.2) is 6.10 Å². The molecule has 0 rings (SSSR count). The van der Waals surface area contributed by atoms with E-state index >= 15 is 0 Å². The van der Waals surface area contributed by atoms with E-state index in [2.05, 4.69) is 45.1 Å². The number of allylic oxidation sites excluding steroid dienone is 4. The lowest BCUT2D eigenvalue weighted by Gasteiger charge is -2.18. The fourth-order valence-electron chi connectivity index (χ4n) is 8.97. The van der Waals surface area contributed by atoms with Crippen LogP contribution in [0, 0.1) is 0 Å². The van der Waals surface area contributed by atoms with Gasteiger partial charge in [0.2, 0.25) is 0 Å². The lowest BCUT2D eigenvalue weighted by molar-refractivity contribution is -0.163. The van der Waals surface area contributed by atoms with Crippen molar-refractivity contribution in [1.82, 2.24) is 0 Å². The Morgan fingerprint density at radius 2 is 0.591 bits per heavy atom. The highest BCUT2D eigenvalue weighted by molar-refractivity contribution is 5.70. The molecule has 0 aromatic heterocycles. The topological polar surface area (TPSA) is 61.8 Å². The van der Waals surface area contributed by atoms with Crippen LogP contribution in [0.2, 0.25) is 0 Å². The van der Waals surface area contributed by atoms with Crippen molar-refractivity contribution in [3.05, 3.63) is 24.3 Å². The van der Waals surface area contributed by atoms with Crippen molar-refractivity contribution in [2.45, 2.75) is 335 Å². The number of rotatable bonds is 56. The molecule has 0 aromatic rings. The summed E-state index contributed by atoms with van der Waals surface area (Å²) in [4.78, 5) is 25.5. The zero-order valence-corrected chi connectivity index (χ0v) is 45.0. The Bertz CT molecular complexity index is 1010. The van der Waals surface area contributed by atoms with E-state index in [1.807, 2.05) is 0 Å². The van der Waals surface area contributed by atoms with Crippen LogP contribution in [0.4, 0.5) is 0 Å². The Morgan fingerprint density at radius 3 is 0.939 bits per heavy atom. The average Bonchev–Trinajstić information content (AvgIpc) is 3.32. The molecule has 0 spiro atoms. The summed E-state index contributed by atoms with van der Waals surface area (Å²) in [5, 5.41) is 0. The SMILES string of the molecule is CCCCCC/C=C\CCCCCCCC(=O)O[C@H](COCCCCCCCCCCCCCCCCCC)COC(=O)CCCCCCCCCCCCC/C=C\CCCCCCCC. The van der Waals surface area contributed by atoms with E-state index in [4.69, 9.17) is 14.2 Å². The highest BCUT2D eigenvalue weighted by atomic mass is 16.6. The van der Waals surface area contributed by atoms with Crippen molar-refractivity contribution < 1.29 is 23.8 Å². The summed E-state index contributed by atoms with van der Waals surface area (Å²) in [6.45, 7) is 7.87. The van der Waals surface area contributed by atoms with Crippen LogP contribution in [0.5, 0.6) is 0 Å². The number of carbonyl (C=O) groups is 2. The minimum Gasteiger partial charge on any atom is -0.462 e. The molecule has 5 nitrogen and oxygen atoms in total. The molecular formula is C61H116O5. The van der Waals surface area contributed by atoms with Gasteiger partial charge in [0.25, 0.3) is 0 Å². The lowest BCUT2D eigenvalue weighted by Crippen LogP contribution is -2.30. The molecule has 0 unspecified atom stereocenters. The second-order valence-corrected chi connectivity index (χ2v) is 20.3. The van der Waals surface area contributed by atoms with Crippen LogP contribution in [0.15, 0.2) is 24.3 Å². The van der Waals surface area contributed by atoms with Gasteiger partial charge in [-0.2, -0.15) is 0 Å². The number of carbonyl (C=O) groups excluding carboxylic acids is 2. The molecule has 0 aliphatic rings. The van der Waals surface area contributed by atoms with Crippen molar-refractivity contribution in [1.29, 1.82) is 0 Å². The molecule has 1 atom stereocenters. The normalized spacial score (nSPS) is 12.2. The minimum absolute atomic E-state index is 0.0889. The lowest BCUT2D eigenvalue weighted by atomic mass is 10.0. The average molecular weight is 930 g/mol. The van der Waals surface area contributed by atoms with Crippen molar-refractivity contribution in [3.8, 4) is 0 Å². The van der Waals surface area contributed by atoms with E-state index in [9.17, 15) is 9.59 Å². The van der Waals surface area contributed by atoms with E-state index < -0.39 is 6.10 Å². The van der Waals surface area contributed by atoms with Gasteiger partial charge in [0.05, 0.1) is 6.61 Å². The summed E-state index contributed by atoms with van der Waals surface area (Å²) >= 11 is 0. The monoisotopic (exact) mass is 929 g/mol. The Balaban J connectivity index is 4.17. The van der Waals surface area contributed by atoms with Crippen LogP contribution in [0.25, 0.3) is 0 Å². The molecular weight excluding hydrogens is 813 g/mol. The summed E-state index contributed by atoms with van der Waals surface area (Å²) in [5.41, 5.74) is 0. The molecule has 0 fully saturated rings. The van der Waals surface area contributed by atoms with E-state index in [0.29, 0.717) is 26.1 Å². The van der Waals surface area contributed by atoms with Gasteiger partial charge in [-0.3, -0.25) is 9.59 Å². The summed E-state index contributed by atoms with van der Waals surface area (Å²) in [6, 6.07) is 0. The van der Waals surface area contributed by atoms with E-state index in [-0.39, 0.29) is 18.5 Å². The van der Waals surface area contributed by atoms with E-state index in [1.54, 1.807) is 0 Å². The third kappa shape index (κ3) is 55.0. The first-order chi connectivity index (χ1) is 32.6. The molecule has 0 N–H and O–H groups in total. The molecule has 0 aliphatic heterocycles. The van der Waals surface area contributed by atoms with Gasteiger partial charge < -0.3 is 14.2 Å². The molecule has 0 aromatic carbocycles. The molecule has 390 valence electrons. The van der Waals surface area contributed by atoms with Gasteiger partial charge in [-0.05, 0) is 70.6 Å². The number of ether oxygens (including phenoxy) is 3. The second-order valence-electron chi connectivity index (χ2n) is 20.3. The van der Waals surface area contributed by atoms with Crippen LogP contribution < -0.4 is 0 Å². The molecule has 0 saturated carbocycles. The predicted molar refractivity (Wildman–Crippen MR) is 289 cm³/mol. The molecule has 0 radical (unpaired) electrons. The fraction of sp³-hybridized carbons (Fsp3) is 0.902. The Kier molecular flexibility index (Phi) is 56.3. The van der Waals surface area contributed by atoms with Gasteiger partial charge in [0, 0.05) is 19.4 Å². The van der Waals surface area contributed by atoms with Crippen molar-refractivity contribution >= 4 is 11.9 Å². The number of hydrogen-bond donors (Lipinski definition) is 0. The zero-order chi connectivity index (χ0) is 47.7. The number of unbranched alkanes of at least 4 members (excludes halogenated alkanes) is 41. The Hall–Kier alpha value is -1.62. The highest BCUT2D eigenvalue weighted by Gasteiger charge is 2.17. The third-order valence-electron chi connectivity index (χ3n) is 13.5. The number of esters is 2. The van der Waals surface area contributed by atoms with Crippen LogP contribution in [-0.2, 0) is 23.8 Å².